The molecule has 1 atom stereocenters. The second kappa shape index (κ2) is 7.60. The van der Waals surface area contributed by atoms with Gasteiger partial charge in [-0.2, -0.15) is 0 Å². The number of hydrogen-bond donors (Lipinski definition) is 2. The molecule has 0 aromatic heterocycles. The van der Waals surface area contributed by atoms with E-state index in [0.717, 1.165) is 22.3 Å². The minimum atomic E-state index is -3.87. The van der Waals surface area contributed by atoms with Crippen LogP contribution in [0.25, 0.3) is 11.1 Å². The Hall–Kier alpha value is -2.82. The van der Waals surface area contributed by atoms with Crippen LogP contribution in [0.2, 0.25) is 0 Å². The van der Waals surface area contributed by atoms with Crippen molar-refractivity contribution in [1.29, 1.82) is 0 Å². The van der Waals surface area contributed by atoms with Crippen molar-refractivity contribution in [2.75, 3.05) is 6.61 Å². The van der Waals surface area contributed by atoms with Gasteiger partial charge in [-0.25, -0.2) is 9.59 Å². The molecule has 2 aromatic carbocycles. The van der Waals surface area contributed by atoms with Crippen LogP contribution in [0.3, 0.4) is 0 Å². The SMILES string of the molecule is [3H]C([3H])([3H])C([3H])(C([3H])([3H])[3H])C([3H])([3H])[C@H](NC(=O)OCC1c2ccccc2-c2ccccc21)C(=O)O. The molecule has 136 valence electrons. The van der Waals surface area contributed by atoms with E-state index in [9.17, 15) is 14.7 Å². The van der Waals surface area contributed by atoms with E-state index in [1.165, 1.54) is 0 Å². The molecule has 0 fully saturated rings. The molecule has 2 aromatic rings. The van der Waals surface area contributed by atoms with E-state index in [2.05, 4.69) is 0 Å². The van der Waals surface area contributed by atoms with E-state index >= 15 is 0 Å². The Labute approximate surface area is 165 Å². The number of benzene rings is 2. The molecule has 0 spiro atoms. The summed E-state index contributed by atoms with van der Waals surface area (Å²) in [4.78, 5) is 24.3. The first-order chi connectivity index (χ1) is 16.0. The Kier molecular flexibility index (Phi) is 2.85. The van der Waals surface area contributed by atoms with Gasteiger partial charge in [-0.15, -0.1) is 0 Å². The summed E-state index contributed by atoms with van der Waals surface area (Å²) in [5.41, 5.74) is 3.60. The molecule has 0 heterocycles. The summed E-state index contributed by atoms with van der Waals surface area (Å²) in [7, 11) is 0. The number of carboxylic acid groups (broad SMARTS) is 1. The van der Waals surface area contributed by atoms with E-state index < -0.39 is 50.0 Å². The predicted molar refractivity (Wildman–Crippen MR) is 99.1 cm³/mol. The third-order valence-corrected chi connectivity index (χ3v) is 4.14. The van der Waals surface area contributed by atoms with Crippen LogP contribution in [-0.4, -0.2) is 29.8 Å². The van der Waals surface area contributed by atoms with Gasteiger partial charge in [-0.3, -0.25) is 0 Å². The lowest BCUT2D eigenvalue weighted by Gasteiger charge is -2.18. The molecule has 0 saturated heterocycles. The van der Waals surface area contributed by atoms with Gasteiger partial charge in [0, 0.05) is 18.3 Å². The maximum atomic E-state index is 12.5. The van der Waals surface area contributed by atoms with Crippen LogP contribution in [0.4, 0.5) is 4.79 Å². The first-order valence-electron chi connectivity index (χ1n) is 12.4. The zero-order valence-corrected chi connectivity index (χ0v) is 13.7. The normalized spacial score (nSPS) is 20.8. The number of amides is 1. The van der Waals surface area contributed by atoms with Crippen LogP contribution >= 0.6 is 0 Å². The van der Waals surface area contributed by atoms with Crippen molar-refractivity contribution < 1.29 is 31.8 Å². The van der Waals surface area contributed by atoms with Gasteiger partial charge in [0.05, 0.1) is 0 Å². The van der Waals surface area contributed by atoms with Gasteiger partial charge in [-0.05, 0) is 34.5 Å². The molecule has 26 heavy (non-hydrogen) atoms. The highest BCUT2D eigenvalue weighted by atomic mass is 16.5. The van der Waals surface area contributed by atoms with Crippen LogP contribution in [0.1, 0.15) is 49.5 Å². The van der Waals surface area contributed by atoms with E-state index in [4.69, 9.17) is 17.1 Å². The molecule has 2 N–H and O–H groups in total. The molecule has 0 aliphatic heterocycles. The van der Waals surface area contributed by atoms with Gasteiger partial charge in [0.2, 0.25) is 0 Å². The molecule has 1 aliphatic rings. The van der Waals surface area contributed by atoms with Crippen molar-refractivity contribution in [1.82, 2.24) is 5.32 Å². The van der Waals surface area contributed by atoms with Crippen molar-refractivity contribution in [3.63, 3.8) is 0 Å². The molecule has 1 aliphatic carbocycles. The van der Waals surface area contributed by atoms with Crippen molar-refractivity contribution in [2.45, 2.75) is 32.0 Å². The number of carbonyl (C=O) groups is 2. The third-order valence-electron chi connectivity index (χ3n) is 4.14. The lowest BCUT2D eigenvalue weighted by Crippen LogP contribution is -2.42. The molecular weight excluding hydrogens is 330 g/mol. The second-order valence-electron chi connectivity index (χ2n) is 5.76. The minimum Gasteiger partial charge on any atom is -0.480 e. The van der Waals surface area contributed by atoms with Crippen molar-refractivity contribution in [3.8, 4) is 11.1 Å². The maximum Gasteiger partial charge on any atom is 0.407 e. The summed E-state index contributed by atoms with van der Waals surface area (Å²) >= 11 is 0. The Balaban J connectivity index is 1.84. The highest BCUT2D eigenvalue weighted by Gasteiger charge is 2.29. The number of carboxylic acids is 1. The van der Waals surface area contributed by atoms with Crippen molar-refractivity contribution in [2.24, 2.45) is 5.89 Å². The van der Waals surface area contributed by atoms with Crippen LogP contribution in [-0.2, 0) is 9.53 Å². The fourth-order valence-corrected chi connectivity index (χ4v) is 3.06. The van der Waals surface area contributed by atoms with Crippen LogP contribution in [0.15, 0.2) is 48.5 Å². The molecule has 0 saturated carbocycles. The predicted octanol–water partition coefficient (Wildman–Crippen LogP) is 4.02. The summed E-state index contributed by atoms with van der Waals surface area (Å²) < 4.78 is 74.1. The smallest absolute Gasteiger partial charge is 0.407 e. The number of rotatable bonds is 6. The molecule has 5 nitrogen and oxygen atoms in total. The number of ether oxygens (including phenoxy) is 1. The van der Waals surface area contributed by atoms with Crippen molar-refractivity contribution >= 4 is 12.1 Å². The van der Waals surface area contributed by atoms with Crippen molar-refractivity contribution in [3.05, 3.63) is 59.7 Å². The second-order valence-corrected chi connectivity index (χ2v) is 5.76. The maximum absolute atomic E-state index is 12.5. The number of nitrogens with one attached hydrogen (secondary N) is 1. The van der Waals surface area contributed by atoms with Gasteiger partial charge in [0.1, 0.15) is 12.6 Å². The molecular formula is C21H23NO4. The van der Waals surface area contributed by atoms with Crippen LogP contribution in [0.5, 0.6) is 0 Å². The van der Waals surface area contributed by atoms with Crippen LogP contribution in [0, 0.1) is 5.89 Å². The standard InChI is InChI=1S/C21H23NO4/c1-13(2)11-19(20(23)24)22-21(25)26-12-18-16-9-5-3-7-14(16)15-8-4-6-10-17(15)18/h3-10,13,18-19H,11-12H2,1-2H3,(H,22,25)(H,23,24)/t19-/m0/s1/i1T3,2T3,11T2,13T. The Morgan fingerprint density at radius 2 is 1.77 bits per heavy atom. The molecule has 0 radical (unpaired) electrons. The average molecular weight is 371 g/mol. The summed E-state index contributed by atoms with van der Waals surface area (Å²) in [6, 6.07) is 12.1. The Bertz CT molecular complexity index is 1070. The molecule has 0 unspecified atom stereocenters. The van der Waals surface area contributed by atoms with Gasteiger partial charge < -0.3 is 15.2 Å². The number of hydrogen-bond acceptors (Lipinski definition) is 3. The number of carbonyl (C=O) groups excluding carboxylic acids is 1. The summed E-state index contributed by atoms with van der Waals surface area (Å²) in [5, 5.41) is 11.3. The average Bonchev–Trinajstić information content (AvgIpc) is 3.07. The minimum absolute atomic E-state index is 0.250. The number of fused-ring (bicyclic) bond motifs is 3. The largest absolute Gasteiger partial charge is 0.480 e. The summed E-state index contributed by atoms with van der Waals surface area (Å²) in [5.74, 6) is -6.33. The highest BCUT2D eigenvalue weighted by Crippen LogP contribution is 2.44. The number of aliphatic carboxylic acids is 1. The zero-order chi connectivity index (χ0) is 26.4. The lowest BCUT2D eigenvalue weighted by atomic mass is 9.98. The monoisotopic (exact) mass is 371 g/mol. The topological polar surface area (TPSA) is 75.6 Å². The van der Waals surface area contributed by atoms with E-state index in [1.807, 2.05) is 48.5 Å². The van der Waals surface area contributed by atoms with E-state index in [0.29, 0.717) is 0 Å². The van der Waals surface area contributed by atoms with Gasteiger partial charge >= 0.3 is 12.1 Å². The molecule has 5 heteroatoms. The van der Waals surface area contributed by atoms with Gasteiger partial charge in [0.15, 0.2) is 0 Å². The third kappa shape index (κ3) is 3.72. The van der Waals surface area contributed by atoms with E-state index in [-0.39, 0.29) is 6.61 Å². The highest BCUT2D eigenvalue weighted by molar-refractivity contribution is 5.81. The lowest BCUT2D eigenvalue weighted by molar-refractivity contribution is -0.139. The molecule has 0 bridgehead atoms. The zero-order valence-electron chi connectivity index (χ0n) is 22.7. The summed E-state index contributed by atoms with van der Waals surface area (Å²) in [6.45, 7) is -7.75. The van der Waals surface area contributed by atoms with Gasteiger partial charge in [0.25, 0.3) is 0 Å². The fourth-order valence-electron chi connectivity index (χ4n) is 3.06. The van der Waals surface area contributed by atoms with Gasteiger partial charge in [-0.1, -0.05) is 62.2 Å². The Morgan fingerprint density at radius 1 is 1.19 bits per heavy atom. The molecule has 3 rings (SSSR count). The number of alkyl carbamates (subject to hydrolysis) is 1. The first-order valence-corrected chi connectivity index (χ1v) is 7.88. The Morgan fingerprint density at radius 3 is 2.31 bits per heavy atom. The quantitative estimate of drug-likeness (QED) is 0.804. The van der Waals surface area contributed by atoms with E-state index in [1.54, 1.807) is 5.32 Å². The molecule has 1 amide bonds. The fraction of sp³-hybridized carbons (Fsp3) is 0.333. The van der Waals surface area contributed by atoms with Crippen LogP contribution < -0.4 is 5.32 Å². The summed E-state index contributed by atoms with van der Waals surface area (Å²) in [6.07, 6.45) is -5.15. The first kappa shape index (κ1) is 9.76.